The minimum absolute atomic E-state index is 0.0255. The van der Waals surface area contributed by atoms with Gasteiger partial charge in [0.1, 0.15) is 5.82 Å². The number of benzene rings is 2. The Labute approximate surface area is 125 Å². The molecule has 0 fully saturated rings. The number of carboxylic acids is 1. The summed E-state index contributed by atoms with van der Waals surface area (Å²) in [7, 11) is 0. The van der Waals surface area contributed by atoms with Crippen LogP contribution in [-0.2, 0) is 4.79 Å². The zero-order chi connectivity index (χ0) is 17.3. The quantitative estimate of drug-likeness (QED) is 0.394. The van der Waals surface area contributed by atoms with Crippen molar-refractivity contribution in [3.8, 4) is 11.1 Å². The molecule has 0 heterocycles. The van der Waals surface area contributed by atoms with Gasteiger partial charge in [-0.1, -0.05) is 12.1 Å². The van der Waals surface area contributed by atoms with Gasteiger partial charge in [0.2, 0.25) is 5.82 Å². The van der Waals surface area contributed by atoms with E-state index in [0.717, 1.165) is 18.2 Å². The Bertz CT molecular complexity index is 800. The molecule has 2 nitrogen and oxygen atoms in total. The summed E-state index contributed by atoms with van der Waals surface area (Å²) in [5, 5.41) is 8.44. The number of rotatable bonds is 3. The van der Waals surface area contributed by atoms with Crippen LogP contribution in [0.15, 0.2) is 24.3 Å². The van der Waals surface area contributed by atoms with Crippen LogP contribution < -0.4 is 0 Å². The van der Waals surface area contributed by atoms with Crippen molar-refractivity contribution in [2.24, 2.45) is 0 Å². The molecule has 2 rings (SSSR count). The van der Waals surface area contributed by atoms with Gasteiger partial charge in [0, 0.05) is 11.6 Å². The molecule has 0 aromatic heterocycles. The largest absolute Gasteiger partial charge is 0.478 e. The Balaban J connectivity index is 2.62. The molecule has 23 heavy (non-hydrogen) atoms. The molecule has 0 unspecified atom stereocenters. The van der Waals surface area contributed by atoms with Crippen molar-refractivity contribution in [2.45, 2.75) is 0 Å². The molecular formula is C15H6F6O2. The van der Waals surface area contributed by atoms with Crippen molar-refractivity contribution >= 4 is 12.0 Å². The molecule has 120 valence electrons. The van der Waals surface area contributed by atoms with Crippen molar-refractivity contribution in [1.82, 2.24) is 0 Å². The summed E-state index contributed by atoms with van der Waals surface area (Å²) in [5.41, 5.74) is -2.21. The van der Waals surface area contributed by atoms with Crippen molar-refractivity contribution < 1.29 is 36.2 Å². The molecule has 0 saturated carbocycles. The number of aliphatic carboxylic acids is 1. The third-order valence-electron chi connectivity index (χ3n) is 2.89. The van der Waals surface area contributed by atoms with Crippen LogP contribution >= 0.6 is 0 Å². The zero-order valence-corrected chi connectivity index (χ0v) is 11.0. The molecule has 0 bridgehead atoms. The second-order valence-corrected chi connectivity index (χ2v) is 4.36. The third kappa shape index (κ3) is 3.05. The van der Waals surface area contributed by atoms with Crippen molar-refractivity contribution in [2.75, 3.05) is 0 Å². The monoisotopic (exact) mass is 332 g/mol. The highest BCUT2D eigenvalue weighted by molar-refractivity contribution is 5.85. The Hall–Kier alpha value is -2.77. The van der Waals surface area contributed by atoms with Gasteiger partial charge < -0.3 is 5.11 Å². The molecule has 0 radical (unpaired) electrons. The summed E-state index contributed by atoms with van der Waals surface area (Å²) in [5.74, 6) is -13.6. The lowest BCUT2D eigenvalue weighted by Crippen LogP contribution is -2.05. The summed E-state index contributed by atoms with van der Waals surface area (Å²) in [6.07, 6.45) is 1.68. The molecule has 0 aliphatic heterocycles. The van der Waals surface area contributed by atoms with E-state index >= 15 is 0 Å². The smallest absolute Gasteiger partial charge is 0.328 e. The average molecular weight is 332 g/mol. The van der Waals surface area contributed by atoms with Crippen molar-refractivity contribution in [3.63, 3.8) is 0 Å². The van der Waals surface area contributed by atoms with Crippen LogP contribution in [0.3, 0.4) is 0 Å². The van der Waals surface area contributed by atoms with Gasteiger partial charge in [0.25, 0.3) is 0 Å². The first-order valence-corrected chi connectivity index (χ1v) is 5.96. The van der Waals surface area contributed by atoms with Crippen LogP contribution in [0.1, 0.15) is 5.56 Å². The maximum atomic E-state index is 13.9. The number of hydrogen-bond acceptors (Lipinski definition) is 1. The molecule has 0 spiro atoms. The Morgan fingerprint density at radius 2 is 1.39 bits per heavy atom. The number of hydrogen-bond donors (Lipinski definition) is 1. The zero-order valence-electron chi connectivity index (χ0n) is 11.0. The molecule has 0 amide bonds. The third-order valence-corrected chi connectivity index (χ3v) is 2.89. The summed E-state index contributed by atoms with van der Waals surface area (Å²) >= 11 is 0. The summed E-state index contributed by atoms with van der Waals surface area (Å²) < 4.78 is 80.5. The molecule has 0 aliphatic carbocycles. The lowest BCUT2D eigenvalue weighted by Gasteiger charge is -2.09. The van der Waals surface area contributed by atoms with Crippen LogP contribution in [0.5, 0.6) is 0 Å². The molecule has 2 aromatic rings. The highest BCUT2D eigenvalue weighted by Crippen LogP contribution is 2.33. The average Bonchev–Trinajstić information content (AvgIpc) is 2.51. The second kappa shape index (κ2) is 6.15. The van der Waals surface area contributed by atoms with Crippen LogP contribution in [-0.4, -0.2) is 11.1 Å². The highest BCUT2D eigenvalue weighted by Gasteiger charge is 2.27. The molecule has 0 atom stereocenters. The maximum absolute atomic E-state index is 13.9. The molecule has 1 N–H and O–H groups in total. The van der Waals surface area contributed by atoms with Gasteiger partial charge in [0.05, 0.1) is 5.56 Å². The summed E-state index contributed by atoms with van der Waals surface area (Å²) in [6.45, 7) is 0. The van der Waals surface area contributed by atoms with E-state index in [4.69, 9.17) is 5.11 Å². The van der Waals surface area contributed by atoms with Gasteiger partial charge in [-0.3, -0.25) is 0 Å². The first-order valence-electron chi connectivity index (χ1n) is 5.96. The van der Waals surface area contributed by atoms with Crippen LogP contribution in [0.4, 0.5) is 26.3 Å². The van der Waals surface area contributed by atoms with Gasteiger partial charge in [0.15, 0.2) is 23.3 Å². The van der Waals surface area contributed by atoms with E-state index in [9.17, 15) is 31.1 Å². The predicted molar refractivity (Wildman–Crippen MR) is 68.3 cm³/mol. The van der Waals surface area contributed by atoms with E-state index in [-0.39, 0.29) is 5.56 Å². The van der Waals surface area contributed by atoms with Crippen molar-refractivity contribution in [3.05, 3.63) is 64.7 Å². The van der Waals surface area contributed by atoms with Crippen molar-refractivity contribution in [1.29, 1.82) is 0 Å². The highest BCUT2D eigenvalue weighted by atomic mass is 19.2. The van der Waals surface area contributed by atoms with E-state index in [1.807, 2.05) is 0 Å². The van der Waals surface area contributed by atoms with E-state index in [1.165, 1.54) is 0 Å². The van der Waals surface area contributed by atoms with Gasteiger partial charge in [-0.25, -0.2) is 31.1 Å². The topological polar surface area (TPSA) is 37.3 Å². The lowest BCUT2D eigenvalue weighted by atomic mass is 10.0. The van der Waals surface area contributed by atoms with Gasteiger partial charge in [-0.05, 0) is 17.7 Å². The molecular weight excluding hydrogens is 326 g/mol. The Morgan fingerprint density at radius 3 is 1.87 bits per heavy atom. The van der Waals surface area contributed by atoms with Crippen LogP contribution in [0, 0.1) is 34.9 Å². The molecule has 0 saturated heterocycles. The number of carbonyl (C=O) groups is 1. The standard InChI is InChI=1S/C15H6F6O2/c16-8-5-6(2-4-9(22)23)1-3-7(8)10-11(17)13(19)15(21)14(20)12(10)18/h1-5H,(H,22,23)/b4-2+. The fraction of sp³-hybridized carbons (Fsp3) is 0. The number of carboxylic acid groups (broad SMARTS) is 1. The van der Waals surface area contributed by atoms with Gasteiger partial charge in [-0.15, -0.1) is 0 Å². The van der Waals surface area contributed by atoms with E-state index in [1.54, 1.807) is 0 Å². The fourth-order valence-corrected chi connectivity index (χ4v) is 1.85. The fourth-order valence-electron chi connectivity index (χ4n) is 1.85. The molecule has 8 heteroatoms. The first kappa shape index (κ1) is 16.6. The second-order valence-electron chi connectivity index (χ2n) is 4.36. The normalized spacial score (nSPS) is 11.2. The number of halogens is 6. The Kier molecular flexibility index (Phi) is 4.44. The SMILES string of the molecule is O=C(O)/C=C/c1ccc(-c2c(F)c(F)c(F)c(F)c2F)c(F)c1. The van der Waals surface area contributed by atoms with E-state index < -0.39 is 52.0 Å². The Morgan fingerprint density at radius 1 is 0.870 bits per heavy atom. The molecule has 2 aromatic carbocycles. The van der Waals surface area contributed by atoms with Gasteiger partial charge in [-0.2, -0.15) is 0 Å². The van der Waals surface area contributed by atoms with Gasteiger partial charge >= 0.3 is 5.97 Å². The summed E-state index contributed by atoms with van der Waals surface area (Å²) in [4.78, 5) is 10.3. The minimum atomic E-state index is -2.34. The summed E-state index contributed by atoms with van der Waals surface area (Å²) in [6, 6.07) is 2.55. The maximum Gasteiger partial charge on any atom is 0.328 e. The minimum Gasteiger partial charge on any atom is -0.478 e. The lowest BCUT2D eigenvalue weighted by molar-refractivity contribution is -0.131. The van der Waals surface area contributed by atoms with Crippen LogP contribution in [0.25, 0.3) is 17.2 Å². The van der Waals surface area contributed by atoms with E-state index in [0.29, 0.717) is 12.1 Å². The molecule has 0 aliphatic rings. The predicted octanol–water partition coefficient (Wildman–Crippen LogP) is 4.29. The first-order chi connectivity index (χ1) is 10.7. The van der Waals surface area contributed by atoms with Crippen LogP contribution in [0.2, 0.25) is 0 Å². The van der Waals surface area contributed by atoms with E-state index in [2.05, 4.69) is 0 Å².